The molecule has 0 aliphatic heterocycles. The summed E-state index contributed by atoms with van der Waals surface area (Å²) in [6.07, 6.45) is 0. The monoisotopic (exact) mass is 736 g/mol. The molecule has 1 heterocycles. The van der Waals surface area contributed by atoms with Crippen molar-refractivity contribution in [3.05, 3.63) is 218 Å². The number of hydrogen-bond acceptors (Lipinski definition) is 2. The summed E-state index contributed by atoms with van der Waals surface area (Å²) in [7, 11) is 0. The van der Waals surface area contributed by atoms with Crippen molar-refractivity contribution >= 4 is 43.1 Å². The topological polar surface area (TPSA) is 25.8 Å². The van der Waals surface area contributed by atoms with Gasteiger partial charge in [-0.3, -0.25) is 0 Å². The van der Waals surface area contributed by atoms with E-state index < -0.39 is 0 Å². The molecule has 0 radical (unpaired) electrons. The molecule has 0 saturated heterocycles. The first-order chi connectivity index (χ1) is 28.7. The van der Waals surface area contributed by atoms with Gasteiger partial charge >= 0.3 is 0 Å². The second-order valence-electron chi connectivity index (χ2n) is 14.9. The van der Waals surface area contributed by atoms with Crippen LogP contribution in [0.5, 0.6) is 0 Å². The Morgan fingerprint density at radius 3 is 1.57 bits per heavy atom. The summed E-state index contributed by atoms with van der Waals surface area (Å²) in [5, 5.41) is 9.94. The summed E-state index contributed by atoms with van der Waals surface area (Å²) in [6.45, 7) is 0. The third-order valence-electron chi connectivity index (χ3n) is 11.5. The van der Waals surface area contributed by atoms with Gasteiger partial charge in [-0.15, -0.1) is 0 Å². The van der Waals surface area contributed by atoms with Gasteiger partial charge in [0.15, 0.2) is 5.82 Å². The number of rotatable bonds is 6. The van der Waals surface area contributed by atoms with E-state index in [9.17, 15) is 0 Å². The normalized spacial score (nSPS) is 11.4. The Kier molecular flexibility index (Phi) is 8.19. The zero-order chi connectivity index (χ0) is 38.4. The number of hydrogen-bond donors (Lipinski definition) is 0. The standard InChI is InChI=1S/C56H36N2/c1-2-13-37(14-3-1)38-25-31-43(32-26-38)56-57-53(36-54(58-56)50-23-11-10-22-49(50)48-24-12-18-39-15-4-7-19-45(39)48)41-27-29-42(30-28-41)55-47-21-9-6-17-44(47)35-52-46-20-8-5-16-40(46)33-34-51(52)55/h1-36H. The largest absolute Gasteiger partial charge is 0.228 e. The van der Waals surface area contributed by atoms with Crippen molar-refractivity contribution in [2.24, 2.45) is 0 Å². The molecule has 0 atom stereocenters. The van der Waals surface area contributed by atoms with Gasteiger partial charge in [-0.05, 0) is 88.6 Å². The maximum absolute atomic E-state index is 5.32. The van der Waals surface area contributed by atoms with Crippen LogP contribution >= 0.6 is 0 Å². The molecule has 2 nitrogen and oxygen atoms in total. The number of fused-ring (bicyclic) bond motifs is 5. The Balaban J connectivity index is 1.07. The van der Waals surface area contributed by atoms with E-state index in [1.54, 1.807) is 0 Å². The van der Waals surface area contributed by atoms with E-state index >= 15 is 0 Å². The van der Waals surface area contributed by atoms with Crippen molar-refractivity contribution in [3.63, 3.8) is 0 Å². The van der Waals surface area contributed by atoms with Crippen LogP contribution in [0.25, 0.3) is 110 Å². The molecule has 58 heavy (non-hydrogen) atoms. The fourth-order valence-electron chi connectivity index (χ4n) is 8.65. The highest BCUT2D eigenvalue weighted by Crippen LogP contribution is 2.41. The molecule has 0 bridgehead atoms. The Morgan fingerprint density at radius 2 is 0.776 bits per heavy atom. The van der Waals surface area contributed by atoms with Gasteiger partial charge < -0.3 is 0 Å². The minimum absolute atomic E-state index is 0.691. The van der Waals surface area contributed by atoms with Gasteiger partial charge in [0.2, 0.25) is 0 Å². The van der Waals surface area contributed by atoms with Gasteiger partial charge in [0.1, 0.15) is 0 Å². The molecule has 0 unspecified atom stereocenters. The van der Waals surface area contributed by atoms with E-state index in [0.29, 0.717) is 5.82 Å². The van der Waals surface area contributed by atoms with Crippen molar-refractivity contribution in [1.82, 2.24) is 9.97 Å². The molecule has 0 saturated carbocycles. The molecule has 0 aliphatic carbocycles. The molecule has 270 valence electrons. The maximum atomic E-state index is 5.32. The van der Waals surface area contributed by atoms with Crippen LogP contribution in [-0.2, 0) is 0 Å². The summed E-state index contributed by atoms with van der Waals surface area (Å²) < 4.78 is 0. The van der Waals surface area contributed by atoms with E-state index in [2.05, 4.69) is 212 Å². The number of benzene rings is 10. The highest BCUT2D eigenvalue weighted by Gasteiger charge is 2.17. The van der Waals surface area contributed by atoms with Gasteiger partial charge in [-0.25, -0.2) is 9.97 Å². The Labute approximate surface area is 337 Å². The van der Waals surface area contributed by atoms with E-state index in [1.807, 2.05) is 6.07 Å². The summed E-state index contributed by atoms with van der Waals surface area (Å²) in [5.41, 5.74) is 11.9. The van der Waals surface area contributed by atoms with Crippen LogP contribution in [0.15, 0.2) is 218 Å². The first kappa shape index (κ1) is 33.6. The Morgan fingerprint density at radius 1 is 0.241 bits per heavy atom. The molecular weight excluding hydrogens is 701 g/mol. The molecular formula is C56H36N2. The molecule has 0 amide bonds. The summed E-state index contributed by atoms with van der Waals surface area (Å²) in [5.74, 6) is 0.691. The Bertz CT molecular complexity index is 3310. The lowest BCUT2D eigenvalue weighted by molar-refractivity contribution is 1.18. The predicted octanol–water partition coefficient (Wildman–Crippen LogP) is 15.1. The van der Waals surface area contributed by atoms with E-state index in [1.165, 1.54) is 65.3 Å². The molecule has 11 aromatic rings. The second kappa shape index (κ2) is 14.1. The van der Waals surface area contributed by atoms with Gasteiger partial charge in [-0.2, -0.15) is 0 Å². The molecule has 2 heteroatoms. The fourth-order valence-corrected chi connectivity index (χ4v) is 8.65. The highest BCUT2D eigenvalue weighted by atomic mass is 14.9. The van der Waals surface area contributed by atoms with Crippen LogP contribution in [0.4, 0.5) is 0 Å². The van der Waals surface area contributed by atoms with Crippen molar-refractivity contribution in [1.29, 1.82) is 0 Å². The van der Waals surface area contributed by atoms with Crippen molar-refractivity contribution < 1.29 is 0 Å². The zero-order valence-corrected chi connectivity index (χ0v) is 31.7. The number of nitrogens with zero attached hydrogens (tertiary/aromatic N) is 2. The second-order valence-corrected chi connectivity index (χ2v) is 14.9. The van der Waals surface area contributed by atoms with Crippen molar-refractivity contribution in [2.75, 3.05) is 0 Å². The van der Waals surface area contributed by atoms with Crippen LogP contribution in [0.3, 0.4) is 0 Å². The van der Waals surface area contributed by atoms with Crippen LogP contribution in [0.1, 0.15) is 0 Å². The quantitative estimate of drug-likeness (QED) is 0.125. The van der Waals surface area contributed by atoms with Crippen LogP contribution in [-0.4, -0.2) is 9.97 Å². The van der Waals surface area contributed by atoms with Gasteiger partial charge in [0.05, 0.1) is 11.4 Å². The molecule has 1 aromatic heterocycles. The lowest BCUT2D eigenvalue weighted by Gasteiger charge is -2.16. The minimum Gasteiger partial charge on any atom is -0.228 e. The van der Waals surface area contributed by atoms with E-state index in [4.69, 9.17) is 9.97 Å². The SMILES string of the molecule is c1ccc(-c2ccc(-c3nc(-c4ccc(-c5c6ccccc6cc6c5ccc5ccccc56)cc4)cc(-c4ccccc4-c4cccc5ccccc45)n3)cc2)cc1. The Hall–Kier alpha value is -7.68. The molecule has 0 fully saturated rings. The van der Waals surface area contributed by atoms with Crippen LogP contribution in [0.2, 0.25) is 0 Å². The molecule has 0 N–H and O–H groups in total. The molecule has 10 aromatic carbocycles. The zero-order valence-electron chi connectivity index (χ0n) is 31.7. The predicted molar refractivity (Wildman–Crippen MR) is 245 cm³/mol. The third-order valence-corrected chi connectivity index (χ3v) is 11.5. The lowest BCUT2D eigenvalue weighted by Crippen LogP contribution is -1.97. The summed E-state index contributed by atoms with van der Waals surface area (Å²) in [6, 6.07) is 78.2. The number of aromatic nitrogens is 2. The third kappa shape index (κ3) is 5.91. The average Bonchev–Trinajstić information content (AvgIpc) is 3.31. The van der Waals surface area contributed by atoms with Crippen LogP contribution in [0, 0.1) is 0 Å². The molecule has 0 spiro atoms. The van der Waals surface area contributed by atoms with E-state index in [0.717, 1.165) is 39.2 Å². The van der Waals surface area contributed by atoms with Crippen molar-refractivity contribution in [2.45, 2.75) is 0 Å². The minimum atomic E-state index is 0.691. The summed E-state index contributed by atoms with van der Waals surface area (Å²) >= 11 is 0. The fraction of sp³-hybridized carbons (Fsp3) is 0. The van der Waals surface area contributed by atoms with Gasteiger partial charge in [0.25, 0.3) is 0 Å². The first-order valence-electron chi connectivity index (χ1n) is 19.8. The van der Waals surface area contributed by atoms with Crippen LogP contribution < -0.4 is 0 Å². The first-order valence-corrected chi connectivity index (χ1v) is 19.8. The lowest BCUT2D eigenvalue weighted by atomic mass is 9.89. The van der Waals surface area contributed by atoms with Crippen molar-refractivity contribution in [3.8, 4) is 67.3 Å². The highest BCUT2D eigenvalue weighted by molar-refractivity contribution is 6.20. The molecule has 0 aliphatic rings. The smallest absolute Gasteiger partial charge is 0.160 e. The maximum Gasteiger partial charge on any atom is 0.160 e. The van der Waals surface area contributed by atoms with Gasteiger partial charge in [0, 0.05) is 16.7 Å². The van der Waals surface area contributed by atoms with Gasteiger partial charge in [-0.1, -0.05) is 206 Å². The average molecular weight is 737 g/mol. The van der Waals surface area contributed by atoms with E-state index in [-0.39, 0.29) is 0 Å². The molecule has 11 rings (SSSR count). The summed E-state index contributed by atoms with van der Waals surface area (Å²) in [4.78, 5) is 10.6.